The third kappa shape index (κ3) is 4.96. The number of aromatic amines is 1. The van der Waals surface area contributed by atoms with Gasteiger partial charge in [0.05, 0.1) is 13.2 Å². The van der Waals surface area contributed by atoms with Gasteiger partial charge < -0.3 is 19.4 Å². The topological polar surface area (TPSA) is 54.6 Å². The van der Waals surface area contributed by atoms with E-state index in [1.54, 1.807) is 0 Å². The largest absolute Gasteiger partial charge is 0.491 e. The molecule has 1 aromatic heterocycles. The SMILES string of the molecule is CCOC(=O)c1[nH]c(C)c(C)c1OCCCN1CCC(c2ccccc2)CC1. The highest BCUT2D eigenvalue weighted by molar-refractivity contribution is 5.91. The molecule has 5 heteroatoms. The van der Waals surface area contributed by atoms with Gasteiger partial charge >= 0.3 is 5.97 Å². The molecule has 1 aromatic carbocycles. The molecule has 1 saturated heterocycles. The monoisotopic (exact) mass is 384 g/mol. The van der Waals surface area contributed by atoms with Gasteiger partial charge in [0.15, 0.2) is 11.4 Å². The number of likely N-dealkylation sites (tertiary alicyclic amines) is 1. The number of carbonyl (C=O) groups is 1. The zero-order chi connectivity index (χ0) is 19.9. The summed E-state index contributed by atoms with van der Waals surface area (Å²) in [5.74, 6) is 0.974. The Morgan fingerprint density at radius 1 is 1.18 bits per heavy atom. The van der Waals surface area contributed by atoms with E-state index >= 15 is 0 Å². The summed E-state index contributed by atoms with van der Waals surface area (Å²) in [7, 11) is 0. The Labute approximate surface area is 168 Å². The lowest BCUT2D eigenvalue weighted by atomic mass is 9.89. The average Bonchev–Trinajstić information content (AvgIpc) is 3.01. The fourth-order valence-corrected chi connectivity index (χ4v) is 3.90. The first-order valence-electron chi connectivity index (χ1n) is 10.4. The number of carbonyl (C=O) groups excluding carboxylic acids is 1. The maximum atomic E-state index is 12.1. The summed E-state index contributed by atoms with van der Waals surface area (Å²) < 4.78 is 11.1. The summed E-state index contributed by atoms with van der Waals surface area (Å²) in [4.78, 5) is 17.7. The van der Waals surface area contributed by atoms with Crippen LogP contribution in [0.25, 0.3) is 0 Å². The van der Waals surface area contributed by atoms with Gasteiger partial charge in [0.1, 0.15) is 0 Å². The van der Waals surface area contributed by atoms with E-state index in [0.29, 0.717) is 30.6 Å². The van der Waals surface area contributed by atoms with Gasteiger partial charge in [-0.25, -0.2) is 4.79 Å². The number of piperidine rings is 1. The smallest absolute Gasteiger partial charge is 0.358 e. The number of aryl methyl sites for hydroxylation is 1. The van der Waals surface area contributed by atoms with Crippen LogP contribution in [0.15, 0.2) is 30.3 Å². The number of ether oxygens (including phenoxy) is 2. The predicted octanol–water partition coefficient (Wildman–Crippen LogP) is 4.46. The van der Waals surface area contributed by atoms with Crippen molar-refractivity contribution in [1.82, 2.24) is 9.88 Å². The molecule has 0 unspecified atom stereocenters. The van der Waals surface area contributed by atoms with Gasteiger partial charge in [-0.05, 0) is 64.6 Å². The molecule has 152 valence electrons. The number of hydrogen-bond donors (Lipinski definition) is 1. The summed E-state index contributed by atoms with van der Waals surface area (Å²) in [6.07, 6.45) is 3.38. The van der Waals surface area contributed by atoms with Crippen LogP contribution < -0.4 is 4.74 Å². The Kier molecular flexibility index (Phi) is 7.15. The van der Waals surface area contributed by atoms with Gasteiger partial charge in [0.2, 0.25) is 0 Å². The summed E-state index contributed by atoms with van der Waals surface area (Å²) in [6, 6.07) is 10.8. The number of benzene rings is 1. The molecule has 1 aliphatic heterocycles. The van der Waals surface area contributed by atoms with Crippen LogP contribution in [0.3, 0.4) is 0 Å². The standard InChI is InChI=1S/C23H32N2O3/c1-4-27-23(26)21-22(17(2)18(3)24-21)28-16-8-13-25-14-11-20(12-15-25)19-9-6-5-7-10-19/h5-7,9-10,20,24H,4,8,11-16H2,1-3H3. The molecule has 0 bridgehead atoms. The van der Waals surface area contributed by atoms with Crippen LogP contribution in [0.5, 0.6) is 5.75 Å². The van der Waals surface area contributed by atoms with Crippen LogP contribution >= 0.6 is 0 Å². The van der Waals surface area contributed by atoms with Crippen molar-refractivity contribution in [2.75, 3.05) is 32.8 Å². The molecule has 2 aromatic rings. The Balaban J connectivity index is 1.44. The lowest BCUT2D eigenvalue weighted by Crippen LogP contribution is -2.34. The normalized spacial score (nSPS) is 15.5. The van der Waals surface area contributed by atoms with Crippen molar-refractivity contribution in [2.45, 2.75) is 46.0 Å². The Morgan fingerprint density at radius 2 is 1.89 bits per heavy atom. The quantitative estimate of drug-likeness (QED) is 0.539. The molecular weight excluding hydrogens is 352 g/mol. The number of nitrogens with zero attached hydrogens (tertiary/aromatic N) is 1. The second kappa shape index (κ2) is 9.78. The second-order valence-electron chi connectivity index (χ2n) is 7.53. The van der Waals surface area contributed by atoms with Crippen molar-refractivity contribution in [3.63, 3.8) is 0 Å². The van der Waals surface area contributed by atoms with Gasteiger partial charge in [-0.1, -0.05) is 30.3 Å². The van der Waals surface area contributed by atoms with E-state index in [1.807, 2.05) is 20.8 Å². The molecule has 2 heterocycles. The average molecular weight is 385 g/mol. The van der Waals surface area contributed by atoms with Crippen LogP contribution in [0, 0.1) is 13.8 Å². The highest BCUT2D eigenvalue weighted by Gasteiger charge is 2.22. The summed E-state index contributed by atoms with van der Waals surface area (Å²) >= 11 is 0. The first-order valence-corrected chi connectivity index (χ1v) is 10.4. The molecule has 0 saturated carbocycles. The van der Waals surface area contributed by atoms with E-state index in [0.717, 1.165) is 37.3 Å². The number of hydrogen-bond acceptors (Lipinski definition) is 4. The van der Waals surface area contributed by atoms with E-state index in [-0.39, 0.29) is 5.97 Å². The number of H-pyrrole nitrogens is 1. The molecule has 0 spiro atoms. The van der Waals surface area contributed by atoms with Gasteiger partial charge in [0.25, 0.3) is 0 Å². The van der Waals surface area contributed by atoms with Crippen molar-refractivity contribution < 1.29 is 14.3 Å². The van der Waals surface area contributed by atoms with Crippen molar-refractivity contribution in [1.29, 1.82) is 0 Å². The first kappa shape index (κ1) is 20.5. The molecule has 1 aliphatic rings. The fraction of sp³-hybridized carbons (Fsp3) is 0.522. The minimum absolute atomic E-state index is 0.350. The maximum Gasteiger partial charge on any atom is 0.358 e. The number of rotatable bonds is 8. The van der Waals surface area contributed by atoms with E-state index in [1.165, 1.54) is 18.4 Å². The van der Waals surface area contributed by atoms with Crippen LogP contribution in [0.4, 0.5) is 0 Å². The third-order valence-corrected chi connectivity index (χ3v) is 5.65. The minimum atomic E-state index is -0.350. The lowest BCUT2D eigenvalue weighted by molar-refractivity contribution is 0.0515. The van der Waals surface area contributed by atoms with Crippen LogP contribution in [-0.4, -0.2) is 48.7 Å². The Morgan fingerprint density at radius 3 is 2.57 bits per heavy atom. The number of aromatic nitrogens is 1. The maximum absolute atomic E-state index is 12.1. The second-order valence-corrected chi connectivity index (χ2v) is 7.53. The van der Waals surface area contributed by atoms with Crippen molar-refractivity contribution in [3.05, 3.63) is 52.8 Å². The molecule has 0 amide bonds. The van der Waals surface area contributed by atoms with E-state index < -0.39 is 0 Å². The summed E-state index contributed by atoms with van der Waals surface area (Å²) in [5.41, 5.74) is 3.82. The van der Waals surface area contributed by atoms with Crippen LogP contribution in [-0.2, 0) is 4.74 Å². The minimum Gasteiger partial charge on any atom is -0.491 e. The Bertz CT molecular complexity index is 762. The number of nitrogens with one attached hydrogen (secondary N) is 1. The van der Waals surface area contributed by atoms with E-state index in [4.69, 9.17) is 9.47 Å². The molecule has 3 rings (SSSR count). The molecule has 0 atom stereocenters. The number of esters is 1. The van der Waals surface area contributed by atoms with Crippen molar-refractivity contribution >= 4 is 5.97 Å². The molecular formula is C23H32N2O3. The fourth-order valence-electron chi connectivity index (χ4n) is 3.90. The van der Waals surface area contributed by atoms with Crippen molar-refractivity contribution in [2.24, 2.45) is 0 Å². The summed E-state index contributed by atoms with van der Waals surface area (Å²) in [5, 5.41) is 0. The molecule has 1 N–H and O–H groups in total. The summed E-state index contributed by atoms with van der Waals surface area (Å²) in [6.45, 7) is 9.98. The molecule has 5 nitrogen and oxygen atoms in total. The zero-order valence-electron chi connectivity index (χ0n) is 17.3. The molecule has 0 radical (unpaired) electrons. The third-order valence-electron chi connectivity index (χ3n) is 5.65. The van der Waals surface area contributed by atoms with Gasteiger partial charge in [-0.3, -0.25) is 0 Å². The van der Waals surface area contributed by atoms with Gasteiger partial charge in [-0.2, -0.15) is 0 Å². The van der Waals surface area contributed by atoms with Crippen LogP contribution in [0.2, 0.25) is 0 Å². The van der Waals surface area contributed by atoms with Gasteiger partial charge in [0, 0.05) is 17.8 Å². The lowest BCUT2D eigenvalue weighted by Gasteiger charge is -2.32. The van der Waals surface area contributed by atoms with Crippen molar-refractivity contribution in [3.8, 4) is 5.75 Å². The predicted molar refractivity (Wildman–Crippen MR) is 111 cm³/mol. The van der Waals surface area contributed by atoms with E-state index in [9.17, 15) is 4.79 Å². The van der Waals surface area contributed by atoms with E-state index in [2.05, 4.69) is 40.2 Å². The van der Waals surface area contributed by atoms with Crippen LogP contribution in [0.1, 0.15) is 59.4 Å². The molecule has 28 heavy (non-hydrogen) atoms. The van der Waals surface area contributed by atoms with Gasteiger partial charge in [-0.15, -0.1) is 0 Å². The highest BCUT2D eigenvalue weighted by atomic mass is 16.5. The molecule has 0 aliphatic carbocycles. The first-order chi connectivity index (χ1) is 13.6. The Hall–Kier alpha value is -2.27. The highest BCUT2D eigenvalue weighted by Crippen LogP contribution is 2.29. The zero-order valence-corrected chi connectivity index (χ0v) is 17.3. The molecule has 1 fully saturated rings.